The molecule has 12 heteroatoms. The number of aromatic carboxylic acids is 1. The monoisotopic (exact) mass is 473 g/mol. The number of benzene rings is 2. The van der Waals surface area contributed by atoms with Crippen molar-refractivity contribution in [1.29, 1.82) is 0 Å². The van der Waals surface area contributed by atoms with Gasteiger partial charge in [-0.05, 0) is 55.8 Å². The van der Waals surface area contributed by atoms with Crippen LogP contribution in [0.4, 0.5) is 11.4 Å². The van der Waals surface area contributed by atoms with Crippen molar-refractivity contribution < 1.29 is 126 Å². The van der Waals surface area contributed by atoms with Crippen LogP contribution >= 0.6 is 11.6 Å². The summed E-state index contributed by atoms with van der Waals surface area (Å²) in [6.45, 7) is 3.40. The minimum absolute atomic E-state index is 0. The molecule has 0 fully saturated rings. The Morgan fingerprint density at radius 3 is 2.36 bits per heavy atom. The zero-order valence-corrected chi connectivity index (χ0v) is 23.6. The molecule has 0 aliphatic rings. The van der Waals surface area contributed by atoms with Crippen LogP contribution < -0.4 is 118 Å². The predicted octanol–water partition coefficient (Wildman–Crippen LogP) is -4.24. The predicted molar refractivity (Wildman–Crippen MR) is 95.2 cm³/mol. The number of aryl methyl sites for hydroxylation is 1. The van der Waals surface area contributed by atoms with E-state index in [2.05, 4.69) is 10.5 Å². The van der Waals surface area contributed by atoms with Crippen LogP contribution in [0.5, 0.6) is 0 Å². The second kappa shape index (κ2) is 12.5. The van der Waals surface area contributed by atoms with Gasteiger partial charge in [0.15, 0.2) is 0 Å². The van der Waals surface area contributed by atoms with Gasteiger partial charge in [-0.2, -0.15) is 10.2 Å². The van der Waals surface area contributed by atoms with Crippen LogP contribution in [0.15, 0.2) is 46.4 Å². The van der Waals surface area contributed by atoms with Crippen molar-refractivity contribution in [3.05, 3.63) is 52.5 Å². The minimum atomic E-state index is -4.82. The van der Waals surface area contributed by atoms with E-state index in [1.165, 1.54) is 6.21 Å². The fourth-order valence-electron chi connectivity index (χ4n) is 2.15. The molecule has 0 bridgehead atoms. The van der Waals surface area contributed by atoms with Gasteiger partial charge in [0, 0.05) is 16.8 Å². The SMILES string of the molecule is CC=NN(Nc1ccc(Cl)cc1C)c1ccc(S(=O)(=O)[O-])cc1C(=O)[O-].[K+].[K+]. The first-order valence-corrected chi connectivity index (χ1v) is 9.05. The third-order valence-corrected chi connectivity index (χ3v) is 4.42. The van der Waals surface area contributed by atoms with Crippen LogP contribution in [-0.4, -0.2) is 25.2 Å². The Balaban J connectivity index is 0.00000364. The van der Waals surface area contributed by atoms with Gasteiger partial charge in [-0.15, -0.1) is 0 Å². The number of carbonyl (C=O) groups excluding carboxylic acids is 1. The number of halogens is 1. The molecule has 0 unspecified atom stereocenters. The maximum atomic E-state index is 11.4. The summed E-state index contributed by atoms with van der Waals surface area (Å²) in [5.41, 5.74) is 3.74. The molecule has 0 saturated carbocycles. The van der Waals surface area contributed by atoms with Crippen LogP contribution in [0.1, 0.15) is 22.8 Å². The van der Waals surface area contributed by atoms with Crippen molar-refractivity contribution in [2.75, 3.05) is 10.5 Å². The molecule has 0 amide bonds. The summed E-state index contributed by atoms with van der Waals surface area (Å²) < 4.78 is 33.4. The van der Waals surface area contributed by atoms with Crippen molar-refractivity contribution >= 4 is 45.3 Å². The Kier molecular flexibility index (Phi) is 12.8. The van der Waals surface area contributed by atoms with Gasteiger partial charge in [-0.25, -0.2) is 8.42 Å². The van der Waals surface area contributed by atoms with Gasteiger partial charge in [0.05, 0.1) is 22.2 Å². The molecule has 28 heavy (non-hydrogen) atoms. The molecule has 0 radical (unpaired) electrons. The molecule has 2 aromatic rings. The van der Waals surface area contributed by atoms with Crippen molar-refractivity contribution in [3.63, 3.8) is 0 Å². The Morgan fingerprint density at radius 1 is 1.21 bits per heavy atom. The number of hydrazine groups is 1. The van der Waals surface area contributed by atoms with E-state index in [9.17, 15) is 22.9 Å². The molecule has 0 aliphatic carbocycles. The summed E-state index contributed by atoms with van der Waals surface area (Å²) in [7, 11) is -4.82. The number of carboxylic acids is 1. The standard InChI is InChI=1S/C16H16ClN3O5S.2K/c1-3-18-20(19-14-6-4-11(17)8-10(14)2)15-7-5-12(26(23,24)25)9-13(15)16(21)22;;/h3-9,19H,1-2H3,(H,21,22)(H,23,24,25);;/q;2*+1/p-2. The molecular weight excluding hydrogens is 460 g/mol. The maximum absolute atomic E-state index is 11.4. The van der Waals surface area contributed by atoms with E-state index in [0.717, 1.165) is 28.9 Å². The van der Waals surface area contributed by atoms with Gasteiger partial charge in [-0.1, -0.05) is 11.6 Å². The van der Waals surface area contributed by atoms with E-state index in [1.54, 1.807) is 32.0 Å². The van der Waals surface area contributed by atoms with Crippen LogP contribution in [0.3, 0.4) is 0 Å². The Bertz CT molecular complexity index is 986. The average Bonchev–Trinajstić information content (AvgIpc) is 2.55. The zero-order valence-electron chi connectivity index (χ0n) is 15.8. The van der Waals surface area contributed by atoms with E-state index in [0.29, 0.717) is 10.7 Å². The first-order valence-electron chi connectivity index (χ1n) is 7.26. The van der Waals surface area contributed by atoms with Crippen molar-refractivity contribution in [3.8, 4) is 0 Å². The number of rotatable bonds is 6. The molecule has 1 N–H and O–H groups in total. The first-order chi connectivity index (χ1) is 12.1. The van der Waals surface area contributed by atoms with E-state index >= 15 is 0 Å². The Hall–Kier alpha value is 0.653. The van der Waals surface area contributed by atoms with Crippen molar-refractivity contribution in [1.82, 2.24) is 0 Å². The third kappa shape index (κ3) is 7.72. The maximum Gasteiger partial charge on any atom is 1.00 e. The van der Waals surface area contributed by atoms with Gasteiger partial charge < -0.3 is 14.5 Å². The molecule has 2 aromatic carbocycles. The van der Waals surface area contributed by atoms with Gasteiger partial charge in [0.1, 0.15) is 10.1 Å². The number of hydrogen-bond acceptors (Lipinski definition) is 8. The summed E-state index contributed by atoms with van der Waals surface area (Å²) in [6, 6.07) is 7.90. The van der Waals surface area contributed by atoms with Gasteiger partial charge in [0.2, 0.25) is 0 Å². The molecular formula is C16H14ClK2N3O5S. The summed E-state index contributed by atoms with van der Waals surface area (Å²) >= 11 is 5.92. The third-order valence-electron chi connectivity index (χ3n) is 3.35. The summed E-state index contributed by atoms with van der Waals surface area (Å²) in [6.07, 6.45) is 1.40. The van der Waals surface area contributed by atoms with Crippen LogP contribution in [0.2, 0.25) is 5.02 Å². The molecule has 0 aliphatic heterocycles. The summed E-state index contributed by atoms with van der Waals surface area (Å²) in [4.78, 5) is 10.8. The van der Waals surface area contributed by atoms with Crippen molar-refractivity contribution in [2.24, 2.45) is 5.10 Å². The molecule has 0 aromatic heterocycles. The number of nitrogens with zero attached hydrogens (tertiary/aromatic N) is 2. The molecule has 0 heterocycles. The molecule has 0 spiro atoms. The molecule has 8 nitrogen and oxygen atoms in total. The van der Waals surface area contributed by atoms with Crippen LogP contribution in [0.25, 0.3) is 0 Å². The molecule has 2 rings (SSSR count). The molecule has 0 saturated heterocycles. The van der Waals surface area contributed by atoms with E-state index in [4.69, 9.17) is 11.6 Å². The van der Waals surface area contributed by atoms with Crippen LogP contribution in [-0.2, 0) is 10.1 Å². The molecule has 0 atom stereocenters. The fraction of sp³-hybridized carbons (Fsp3) is 0.125. The van der Waals surface area contributed by atoms with Gasteiger partial charge in [-0.3, -0.25) is 5.43 Å². The topological polar surface area (TPSA) is 125 Å². The Labute approximate surface area is 253 Å². The van der Waals surface area contributed by atoms with E-state index < -0.39 is 26.5 Å². The van der Waals surface area contributed by atoms with Gasteiger partial charge in [0.25, 0.3) is 0 Å². The summed E-state index contributed by atoms with van der Waals surface area (Å²) in [5.74, 6) is -1.66. The second-order valence-electron chi connectivity index (χ2n) is 5.18. The molecule has 138 valence electrons. The number of carbonyl (C=O) groups is 1. The number of hydrazone groups is 1. The summed E-state index contributed by atoms with van der Waals surface area (Å²) in [5, 5.41) is 17.1. The zero-order chi connectivity index (χ0) is 19.5. The van der Waals surface area contributed by atoms with Crippen molar-refractivity contribution in [2.45, 2.75) is 18.7 Å². The fourth-order valence-corrected chi connectivity index (χ4v) is 2.88. The smallest absolute Gasteiger partial charge is 0.744 e. The first kappa shape index (κ1) is 28.7. The number of nitrogens with one attached hydrogen (secondary N) is 1. The van der Waals surface area contributed by atoms with Crippen LogP contribution in [0, 0.1) is 6.92 Å². The van der Waals surface area contributed by atoms with Gasteiger partial charge >= 0.3 is 103 Å². The quantitative estimate of drug-likeness (QED) is 0.195. The average molecular weight is 474 g/mol. The minimum Gasteiger partial charge on any atom is -0.744 e. The normalized spacial score (nSPS) is 10.7. The number of anilines is 2. The van der Waals surface area contributed by atoms with E-state index in [1.807, 2.05) is 0 Å². The number of hydrogen-bond donors (Lipinski definition) is 1. The number of carboxylic acid groups (broad SMARTS) is 1. The largest absolute Gasteiger partial charge is 1.00 e. The Morgan fingerprint density at radius 2 is 1.86 bits per heavy atom. The second-order valence-corrected chi connectivity index (χ2v) is 6.99. The van der Waals surface area contributed by atoms with E-state index in [-0.39, 0.29) is 108 Å².